The van der Waals surface area contributed by atoms with E-state index >= 15 is 0 Å². The van der Waals surface area contributed by atoms with Crippen molar-refractivity contribution in [2.75, 3.05) is 37.1 Å². The average molecular weight is 659 g/mol. The highest BCUT2D eigenvalue weighted by Gasteiger charge is 2.22. The number of aromatic nitrogens is 2. The molecule has 2 rings (SSSR count). The largest absolute Gasteiger partial charge is 0.354 e. The van der Waals surface area contributed by atoms with Crippen LogP contribution in [0.2, 0.25) is 0 Å². The van der Waals surface area contributed by atoms with Gasteiger partial charge in [-0.15, -0.1) is 0 Å². The summed E-state index contributed by atoms with van der Waals surface area (Å²) in [6.45, 7) is 1.22. The Hall–Kier alpha value is -3.12. The van der Waals surface area contributed by atoms with Crippen molar-refractivity contribution < 1.29 is 19.2 Å². The fraction of sp³-hybridized carbons (Fsp3) is 0.576. The molecule has 0 radical (unpaired) electrons. The molecule has 0 unspecified atom stereocenters. The first-order chi connectivity index (χ1) is 22.0. The Kier molecular flexibility index (Phi) is 20.4. The zero-order chi connectivity index (χ0) is 32.5. The van der Waals surface area contributed by atoms with E-state index in [9.17, 15) is 19.2 Å². The molecule has 0 saturated heterocycles. The Morgan fingerprint density at radius 3 is 1.24 bits per heavy atom. The van der Waals surface area contributed by atoms with Crippen LogP contribution in [0.5, 0.6) is 0 Å². The molecular weight excluding hydrogens is 609 g/mol. The minimum absolute atomic E-state index is 0.132. The molecule has 0 bridgehead atoms. The van der Waals surface area contributed by atoms with Crippen LogP contribution in [-0.2, 0) is 9.59 Å². The van der Waals surface area contributed by atoms with Crippen molar-refractivity contribution in [2.24, 2.45) is 0 Å². The van der Waals surface area contributed by atoms with E-state index in [-0.39, 0.29) is 23.6 Å². The summed E-state index contributed by atoms with van der Waals surface area (Å²) in [7, 11) is 0. The van der Waals surface area contributed by atoms with E-state index in [0.29, 0.717) is 37.1 Å². The Balaban J connectivity index is 1.51. The first-order valence-electron chi connectivity index (χ1n) is 15.9. The number of unbranched alkanes of at least 4 members (excludes halogenated alkanes) is 8. The van der Waals surface area contributed by atoms with Crippen molar-refractivity contribution in [1.82, 2.24) is 31.2 Å². The van der Waals surface area contributed by atoms with E-state index in [0.717, 1.165) is 62.9 Å². The Morgan fingerprint density at radius 1 is 0.578 bits per heavy atom. The molecule has 0 fully saturated rings. The summed E-state index contributed by atoms with van der Waals surface area (Å²) in [5, 5.41) is 11.7. The molecule has 248 valence electrons. The number of nitrogens with zero attached hydrogens (tertiary/aromatic N) is 2. The molecule has 2 aromatic heterocycles. The fourth-order valence-electron chi connectivity index (χ4n) is 4.66. The number of rotatable bonds is 24. The number of nitrogens with one attached hydrogen (secondary N) is 4. The Labute approximate surface area is 276 Å². The molecule has 10 nitrogen and oxygen atoms in total. The molecule has 0 saturated carbocycles. The minimum Gasteiger partial charge on any atom is -0.354 e. The van der Waals surface area contributed by atoms with Gasteiger partial charge in [-0.1, -0.05) is 44.9 Å². The second-order valence-corrected chi connectivity index (χ2v) is 12.8. The van der Waals surface area contributed by atoms with E-state index in [4.69, 9.17) is 0 Å². The second kappa shape index (κ2) is 24.2. The lowest BCUT2D eigenvalue weighted by Crippen LogP contribution is -2.47. The van der Waals surface area contributed by atoms with Crippen LogP contribution >= 0.6 is 23.5 Å². The minimum atomic E-state index is -0.550. The van der Waals surface area contributed by atoms with E-state index in [1.807, 2.05) is 12.5 Å². The standard InChI is InChI=1S/C33H50N6O4S2/c1-44-24-16-28(38-30(40)26-12-20-34-21-13-26)32(42)36-18-10-8-6-4-3-5-7-9-11-19-37-33(43)29(17-25-45-2)39-31(41)27-14-22-35-23-15-27/h12-15,20-23,28-29H,3-11,16-19,24-25H2,1-2H3,(H,36,42)(H,37,43)(H,38,40)(H,39,41)/t28-,29-/m0/s1. The first-order valence-corrected chi connectivity index (χ1v) is 18.7. The molecule has 45 heavy (non-hydrogen) atoms. The summed E-state index contributed by atoms with van der Waals surface area (Å²) in [4.78, 5) is 58.3. The monoisotopic (exact) mass is 658 g/mol. The van der Waals surface area contributed by atoms with Gasteiger partial charge in [0.2, 0.25) is 11.8 Å². The number of carbonyl (C=O) groups is 4. The molecule has 0 aliphatic carbocycles. The van der Waals surface area contributed by atoms with E-state index < -0.39 is 12.1 Å². The van der Waals surface area contributed by atoms with Crippen LogP contribution in [0.4, 0.5) is 0 Å². The van der Waals surface area contributed by atoms with Crippen LogP contribution in [0.1, 0.15) is 91.3 Å². The third-order valence-corrected chi connectivity index (χ3v) is 8.59. The van der Waals surface area contributed by atoms with Gasteiger partial charge in [0.15, 0.2) is 0 Å². The average Bonchev–Trinajstić information content (AvgIpc) is 3.07. The summed E-state index contributed by atoms with van der Waals surface area (Å²) >= 11 is 3.30. The van der Waals surface area contributed by atoms with Crippen LogP contribution in [-0.4, -0.2) is 82.8 Å². The van der Waals surface area contributed by atoms with Crippen LogP contribution in [0.15, 0.2) is 49.1 Å². The Morgan fingerprint density at radius 2 is 0.911 bits per heavy atom. The SMILES string of the molecule is CSCC[C@H](NC(=O)c1ccncc1)C(=O)NCCCCCCCCCCCNC(=O)[C@H](CCSC)NC(=O)c1ccncc1. The molecule has 2 aromatic rings. The van der Waals surface area contributed by atoms with Gasteiger partial charge in [-0.2, -0.15) is 23.5 Å². The van der Waals surface area contributed by atoms with Gasteiger partial charge in [0.25, 0.3) is 11.8 Å². The van der Waals surface area contributed by atoms with Gasteiger partial charge in [0.05, 0.1) is 0 Å². The molecule has 0 aromatic carbocycles. The smallest absolute Gasteiger partial charge is 0.252 e. The number of thioether (sulfide) groups is 2. The van der Waals surface area contributed by atoms with Crippen LogP contribution in [0, 0.1) is 0 Å². The maximum Gasteiger partial charge on any atom is 0.252 e. The molecule has 2 heterocycles. The lowest BCUT2D eigenvalue weighted by molar-refractivity contribution is -0.123. The highest BCUT2D eigenvalue weighted by Crippen LogP contribution is 2.10. The summed E-state index contributed by atoms with van der Waals surface area (Å²) in [6.07, 6.45) is 21.1. The Bertz CT molecular complexity index is 1040. The fourth-order valence-corrected chi connectivity index (χ4v) is 5.60. The molecule has 4 amide bonds. The first kappa shape index (κ1) is 38.1. The van der Waals surface area contributed by atoms with E-state index in [2.05, 4.69) is 31.2 Å². The zero-order valence-corrected chi connectivity index (χ0v) is 28.4. The summed E-state index contributed by atoms with van der Waals surface area (Å²) < 4.78 is 0. The van der Waals surface area contributed by atoms with Gasteiger partial charge in [-0.25, -0.2) is 0 Å². The van der Waals surface area contributed by atoms with Gasteiger partial charge in [0, 0.05) is 49.0 Å². The van der Waals surface area contributed by atoms with Crippen molar-refractivity contribution in [3.63, 3.8) is 0 Å². The maximum atomic E-state index is 12.7. The van der Waals surface area contributed by atoms with Crippen LogP contribution in [0.3, 0.4) is 0 Å². The molecule has 12 heteroatoms. The summed E-state index contributed by atoms with van der Waals surface area (Å²) in [5.74, 6) is 0.786. The molecule has 0 spiro atoms. The number of hydrogen-bond donors (Lipinski definition) is 4. The lowest BCUT2D eigenvalue weighted by atomic mass is 10.1. The van der Waals surface area contributed by atoms with Crippen molar-refractivity contribution in [3.8, 4) is 0 Å². The second-order valence-electron chi connectivity index (χ2n) is 10.9. The third kappa shape index (κ3) is 16.7. The van der Waals surface area contributed by atoms with Gasteiger partial charge >= 0.3 is 0 Å². The number of amides is 4. The van der Waals surface area contributed by atoms with Crippen molar-refractivity contribution in [3.05, 3.63) is 60.2 Å². The highest BCUT2D eigenvalue weighted by atomic mass is 32.2. The molecule has 0 aliphatic rings. The van der Waals surface area contributed by atoms with Crippen LogP contribution < -0.4 is 21.3 Å². The van der Waals surface area contributed by atoms with Gasteiger partial charge in [-0.3, -0.25) is 29.1 Å². The number of hydrogen-bond acceptors (Lipinski definition) is 8. The van der Waals surface area contributed by atoms with Gasteiger partial charge in [-0.05, 0) is 74.0 Å². The van der Waals surface area contributed by atoms with Crippen molar-refractivity contribution in [2.45, 2.75) is 82.7 Å². The van der Waals surface area contributed by atoms with Crippen molar-refractivity contribution >= 4 is 47.2 Å². The van der Waals surface area contributed by atoms with Crippen molar-refractivity contribution in [1.29, 1.82) is 0 Å². The maximum absolute atomic E-state index is 12.7. The molecule has 4 N–H and O–H groups in total. The lowest BCUT2D eigenvalue weighted by Gasteiger charge is -2.18. The normalized spacial score (nSPS) is 12.1. The van der Waals surface area contributed by atoms with Gasteiger partial charge < -0.3 is 21.3 Å². The zero-order valence-electron chi connectivity index (χ0n) is 26.7. The number of pyridine rings is 2. The summed E-state index contributed by atoms with van der Waals surface area (Å²) in [6, 6.07) is 5.45. The molecular formula is C33H50N6O4S2. The predicted octanol–water partition coefficient (Wildman–Crippen LogP) is 4.62. The molecule has 2 atom stereocenters. The summed E-state index contributed by atoms with van der Waals surface area (Å²) in [5.41, 5.74) is 0.989. The third-order valence-electron chi connectivity index (χ3n) is 7.30. The topological polar surface area (TPSA) is 142 Å². The quantitative estimate of drug-likeness (QED) is 0.120. The van der Waals surface area contributed by atoms with E-state index in [1.165, 1.54) is 6.42 Å². The highest BCUT2D eigenvalue weighted by molar-refractivity contribution is 7.98. The van der Waals surface area contributed by atoms with E-state index in [1.54, 1.807) is 72.6 Å². The number of carbonyl (C=O) groups excluding carboxylic acids is 4. The van der Waals surface area contributed by atoms with Gasteiger partial charge in [0.1, 0.15) is 12.1 Å². The molecule has 0 aliphatic heterocycles. The predicted molar refractivity (Wildman–Crippen MR) is 185 cm³/mol. The van der Waals surface area contributed by atoms with Crippen LogP contribution in [0.25, 0.3) is 0 Å².